The van der Waals surface area contributed by atoms with Crippen LogP contribution >= 0.6 is 15.9 Å². The van der Waals surface area contributed by atoms with E-state index in [1.165, 1.54) is 12.2 Å². The van der Waals surface area contributed by atoms with Gasteiger partial charge < -0.3 is 10.3 Å². The Hall–Kier alpha value is -0.350. The predicted molar refractivity (Wildman–Crippen MR) is 55.5 cm³/mol. The van der Waals surface area contributed by atoms with E-state index in [0.29, 0.717) is 5.92 Å². The van der Waals surface area contributed by atoms with E-state index in [-0.39, 0.29) is 0 Å². The van der Waals surface area contributed by atoms with Crippen LogP contribution in [0.5, 0.6) is 0 Å². The van der Waals surface area contributed by atoms with Crippen LogP contribution in [0.3, 0.4) is 0 Å². The van der Waals surface area contributed by atoms with Crippen LogP contribution in [0.4, 0.5) is 0 Å². The molecule has 1 aromatic heterocycles. The lowest BCUT2D eigenvalue weighted by Gasteiger charge is -2.22. The number of rotatable bonds is 1. The highest BCUT2D eigenvalue weighted by Gasteiger charge is 2.21. The van der Waals surface area contributed by atoms with Crippen LogP contribution in [-0.2, 0) is 13.0 Å². The molecule has 0 aliphatic carbocycles. The average molecular weight is 244 g/mol. The van der Waals surface area contributed by atoms with Crippen molar-refractivity contribution in [2.24, 2.45) is 11.7 Å². The first-order valence-electron chi connectivity index (χ1n) is 4.64. The first kappa shape index (κ1) is 9.21. The van der Waals surface area contributed by atoms with Crippen molar-refractivity contribution in [3.05, 3.63) is 16.1 Å². The Labute approximate surface area is 86.5 Å². The third-order valence-electron chi connectivity index (χ3n) is 2.69. The highest BCUT2D eigenvalue weighted by Crippen LogP contribution is 2.25. The summed E-state index contributed by atoms with van der Waals surface area (Å²) in [5.41, 5.74) is 6.76. The number of aryl methyl sites for hydroxylation is 2. The molecule has 1 aliphatic rings. The summed E-state index contributed by atoms with van der Waals surface area (Å²) in [4.78, 5) is 4.49. The van der Waals surface area contributed by atoms with E-state index in [4.69, 9.17) is 5.73 Å². The van der Waals surface area contributed by atoms with Crippen molar-refractivity contribution in [2.45, 2.75) is 26.3 Å². The van der Waals surface area contributed by atoms with Gasteiger partial charge in [0, 0.05) is 13.0 Å². The Morgan fingerprint density at radius 3 is 3.15 bits per heavy atom. The smallest absolute Gasteiger partial charge is 0.109 e. The normalized spacial score (nSPS) is 21.6. The number of hydrogen-bond donors (Lipinski definition) is 1. The van der Waals surface area contributed by atoms with Gasteiger partial charge in [-0.2, -0.15) is 0 Å². The van der Waals surface area contributed by atoms with Gasteiger partial charge >= 0.3 is 0 Å². The second-order valence-corrected chi connectivity index (χ2v) is 4.41. The van der Waals surface area contributed by atoms with Crippen molar-refractivity contribution < 1.29 is 0 Å². The molecule has 0 bridgehead atoms. The molecule has 1 aromatic rings. The van der Waals surface area contributed by atoms with E-state index < -0.39 is 0 Å². The third kappa shape index (κ3) is 1.53. The highest BCUT2D eigenvalue weighted by molar-refractivity contribution is 9.10. The van der Waals surface area contributed by atoms with Gasteiger partial charge in [0.1, 0.15) is 10.4 Å². The van der Waals surface area contributed by atoms with Crippen LogP contribution in [0, 0.1) is 12.8 Å². The highest BCUT2D eigenvalue weighted by atomic mass is 79.9. The molecule has 1 unspecified atom stereocenters. The molecule has 2 rings (SSSR count). The van der Waals surface area contributed by atoms with E-state index in [9.17, 15) is 0 Å². The van der Waals surface area contributed by atoms with Crippen LogP contribution < -0.4 is 5.73 Å². The lowest BCUT2D eigenvalue weighted by molar-refractivity contribution is 0.370. The van der Waals surface area contributed by atoms with Crippen LogP contribution in [0.1, 0.15) is 17.9 Å². The summed E-state index contributed by atoms with van der Waals surface area (Å²) in [6, 6.07) is 0. The first-order chi connectivity index (χ1) is 6.22. The molecule has 4 heteroatoms. The Balaban J connectivity index is 2.32. The van der Waals surface area contributed by atoms with Gasteiger partial charge in [0.15, 0.2) is 0 Å². The van der Waals surface area contributed by atoms with Gasteiger partial charge in [-0.05, 0) is 41.7 Å². The van der Waals surface area contributed by atoms with Crippen molar-refractivity contribution >= 4 is 15.9 Å². The van der Waals surface area contributed by atoms with Gasteiger partial charge in [0.2, 0.25) is 0 Å². The Kier molecular flexibility index (Phi) is 2.43. The summed E-state index contributed by atoms with van der Waals surface area (Å²) in [6.45, 7) is 3.84. The predicted octanol–water partition coefficient (Wildman–Crippen LogP) is 1.48. The lowest BCUT2D eigenvalue weighted by atomic mass is 10.00. The fourth-order valence-corrected chi connectivity index (χ4v) is 2.30. The van der Waals surface area contributed by atoms with Gasteiger partial charge in [-0.3, -0.25) is 0 Å². The third-order valence-corrected chi connectivity index (χ3v) is 3.70. The van der Waals surface area contributed by atoms with Gasteiger partial charge in [0.25, 0.3) is 0 Å². The Morgan fingerprint density at radius 2 is 2.46 bits per heavy atom. The molecule has 3 nitrogen and oxygen atoms in total. The van der Waals surface area contributed by atoms with Crippen LogP contribution in [0.25, 0.3) is 0 Å². The standard InChI is InChI=1S/C9H14BrN3/c1-6-9(10)13-5-7(4-11)2-3-8(13)12-6/h7H,2-5,11H2,1H3. The zero-order chi connectivity index (χ0) is 9.42. The summed E-state index contributed by atoms with van der Waals surface area (Å²) in [5, 5.41) is 0. The van der Waals surface area contributed by atoms with Crippen molar-refractivity contribution in [1.82, 2.24) is 9.55 Å². The number of fused-ring (bicyclic) bond motifs is 1. The summed E-state index contributed by atoms with van der Waals surface area (Å²) < 4.78 is 3.37. The molecule has 0 spiro atoms. The minimum Gasteiger partial charge on any atom is -0.330 e. The number of nitrogens with zero attached hydrogens (tertiary/aromatic N) is 2. The number of aromatic nitrogens is 2. The maximum absolute atomic E-state index is 5.67. The van der Waals surface area contributed by atoms with Crippen LogP contribution in [-0.4, -0.2) is 16.1 Å². The molecule has 72 valence electrons. The van der Waals surface area contributed by atoms with Gasteiger partial charge in [-0.15, -0.1) is 0 Å². The summed E-state index contributed by atoms with van der Waals surface area (Å²) in [6.07, 6.45) is 2.24. The molecule has 2 heterocycles. The van der Waals surface area contributed by atoms with Crippen LogP contribution in [0.2, 0.25) is 0 Å². The molecular weight excluding hydrogens is 230 g/mol. The van der Waals surface area contributed by atoms with E-state index in [0.717, 1.165) is 29.8 Å². The summed E-state index contributed by atoms with van der Waals surface area (Å²) in [7, 11) is 0. The largest absolute Gasteiger partial charge is 0.330 e. The van der Waals surface area contributed by atoms with Crippen molar-refractivity contribution in [3.8, 4) is 0 Å². The average Bonchev–Trinajstić information content (AvgIpc) is 2.43. The lowest BCUT2D eigenvalue weighted by Crippen LogP contribution is -2.26. The monoisotopic (exact) mass is 243 g/mol. The molecular formula is C9H14BrN3. The maximum Gasteiger partial charge on any atom is 0.109 e. The summed E-state index contributed by atoms with van der Waals surface area (Å²) >= 11 is 3.55. The molecule has 0 amide bonds. The summed E-state index contributed by atoms with van der Waals surface area (Å²) in [5.74, 6) is 1.83. The number of hydrogen-bond acceptors (Lipinski definition) is 2. The molecule has 0 saturated carbocycles. The topological polar surface area (TPSA) is 43.8 Å². The Morgan fingerprint density at radius 1 is 1.69 bits per heavy atom. The quantitative estimate of drug-likeness (QED) is 0.813. The van der Waals surface area contributed by atoms with Gasteiger partial charge in [-0.1, -0.05) is 0 Å². The number of nitrogens with two attached hydrogens (primary N) is 1. The number of imidazole rings is 1. The first-order valence-corrected chi connectivity index (χ1v) is 5.43. The van der Waals surface area contributed by atoms with E-state index in [1.807, 2.05) is 6.92 Å². The fourth-order valence-electron chi connectivity index (χ4n) is 1.86. The molecule has 0 saturated heterocycles. The van der Waals surface area contributed by atoms with Crippen molar-refractivity contribution in [1.29, 1.82) is 0 Å². The molecule has 1 atom stereocenters. The molecule has 0 fully saturated rings. The second kappa shape index (κ2) is 3.42. The number of halogens is 1. The minimum absolute atomic E-state index is 0.623. The van der Waals surface area contributed by atoms with E-state index >= 15 is 0 Å². The molecule has 0 radical (unpaired) electrons. The van der Waals surface area contributed by atoms with Gasteiger partial charge in [0.05, 0.1) is 5.69 Å². The van der Waals surface area contributed by atoms with E-state index in [2.05, 4.69) is 25.5 Å². The van der Waals surface area contributed by atoms with Gasteiger partial charge in [-0.25, -0.2) is 4.98 Å². The molecule has 2 N–H and O–H groups in total. The van der Waals surface area contributed by atoms with Crippen molar-refractivity contribution in [2.75, 3.05) is 6.54 Å². The molecule has 13 heavy (non-hydrogen) atoms. The molecule has 1 aliphatic heterocycles. The zero-order valence-corrected chi connectivity index (χ0v) is 9.34. The zero-order valence-electron chi connectivity index (χ0n) is 7.76. The van der Waals surface area contributed by atoms with Crippen molar-refractivity contribution in [3.63, 3.8) is 0 Å². The van der Waals surface area contributed by atoms with Crippen LogP contribution in [0.15, 0.2) is 4.60 Å². The second-order valence-electron chi connectivity index (χ2n) is 3.66. The molecule has 0 aromatic carbocycles. The SMILES string of the molecule is Cc1nc2n(c1Br)CC(CN)CC2. The fraction of sp³-hybridized carbons (Fsp3) is 0.667. The Bertz CT molecular complexity index is 319. The van der Waals surface area contributed by atoms with E-state index in [1.54, 1.807) is 0 Å². The maximum atomic E-state index is 5.67. The minimum atomic E-state index is 0.623.